The molecule has 71 valence electrons. The van der Waals surface area contributed by atoms with E-state index in [9.17, 15) is 0 Å². The average Bonchev–Trinajstić information content (AvgIpc) is 2.23. The Morgan fingerprint density at radius 3 is 2.27 bits per heavy atom. The molecule has 0 heterocycles. The number of halogens is 1. The minimum absolute atomic E-state index is 0. The predicted molar refractivity (Wildman–Crippen MR) is 67.1 cm³/mol. The molecule has 0 aromatic heterocycles. The Labute approximate surface area is 117 Å². The van der Waals surface area contributed by atoms with Crippen LogP contribution in [-0.4, -0.2) is 29.6 Å². The first-order valence-corrected chi connectivity index (χ1v) is 4.75. The van der Waals surface area contributed by atoms with Crippen LogP contribution in [0.25, 0.3) is 11.1 Å². The molecule has 0 aliphatic carbocycles. The molecule has 2 rings (SSSR count). The summed E-state index contributed by atoms with van der Waals surface area (Å²) in [5, 5.41) is 0.707. The molecule has 0 atom stereocenters. The molecule has 2 aromatic rings. The van der Waals surface area contributed by atoms with Gasteiger partial charge in [-0.3, -0.25) is 0 Å². The molecule has 0 spiro atoms. The van der Waals surface area contributed by atoms with E-state index in [1.807, 2.05) is 42.5 Å². The number of benzene rings is 2. The summed E-state index contributed by atoms with van der Waals surface area (Å²) in [5.74, 6) is 0. The van der Waals surface area contributed by atoms with E-state index in [0.29, 0.717) is 5.02 Å². The fourth-order valence-corrected chi connectivity index (χ4v) is 1.57. The maximum Gasteiger partial charge on any atom is 0.0413 e. The van der Waals surface area contributed by atoms with Crippen molar-refractivity contribution >= 4 is 46.8 Å². The van der Waals surface area contributed by atoms with Crippen molar-refractivity contribution in [1.29, 1.82) is 0 Å². The van der Waals surface area contributed by atoms with E-state index >= 15 is 0 Å². The van der Waals surface area contributed by atoms with Crippen molar-refractivity contribution in [2.45, 2.75) is 0 Å². The summed E-state index contributed by atoms with van der Waals surface area (Å²) in [6.07, 6.45) is 0. The van der Waals surface area contributed by atoms with E-state index in [0.717, 1.165) is 16.8 Å². The van der Waals surface area contributed by atoms with Gasteiger partial charge in [-0.15, -0.1) is 0 Å². The maximum atomic E-state index is 5.91. The molecule has 1 radical (unpaired) electrons. The summed E-state index contributed by atoms with van der Waals surface area (Å²) in [7, 11) is 0. The van der Waals surface area contributed by atoms with Crippen molar-refractivity contribution in [1.82, 2.24) is 0 Å². The Hall–Kier alpha value is -0.470. The van der Waals surface area contributed by atoms with Gasteiger partial charge in [-0.25, -0.2) is 0 Å². The van der Waals surface area contributed by atoms with E-state index in [2.05, 4.69) is 0 Å². The average molecular weight is 227 g/mol. The topological polar surface area (TPSA) is 26.0 Å². The van der Waals surface area contributed by atoms with Crippen LogP contribution in [-0.2, 0) is 0 Å². The van der Waals surface area contributed by atoms with Gasteiger partial charge in [-0.05, 0) is 23.8 Å². The van der Waals surface area contributed by atoms with Gasteiger partial charge in [0.1, 0.15) is 0 Å². The molecule has 0 fully saturated rings. The summed E-state index contributed by atoms with van der Waals surface area (Å²) in [6.45, 7) is 0. The Bertz CT molecular complexity index is 443. The fraction of sp³-hybridized carbons (Fsp3) is 0. The summed E-state index contributed by atoms with van der Waals surface area (Å²) in [5.41, 5.74) is 8.69. The van der Waals surface area contributed by atoms with Gasteiger partial charge in [0.05, 0.1) is 0 Å². The molecule has 1 nitrogen and oxygen atoms in total. The quantitative estimate of drug-likeness (QED) is 0.587. The summed E-state index contributed by atoms with van der Waals surface area (Å²) in [6, 6.07) is 15.5. The fourth-order valence-electron chi connectivity index (χ4n) is 1.40. The normalized spacial score (nSPS) is 9.40. The van der Waals surface area contributed by atoms with Crippen LogP contribution in [0.3, 0.4) is 0 Å². The second kappa shape index (κ2) is 5.57. The summed E-state index contributed by atoms with van der Waals surface area (Å²) < 4.78 is 0. The number of nitrogen functional groups attached to an aromatic ring is 1. The molecule has 0 saturated carbocycles. The number of hydrogen-bond donors (Lipinski definition) is 1. The van der Waals surface area contributed by atoms with E-state index in [-0.39, 0.29) is 29.6 Å². The van der Waals surface area contributed by atoms with Gasteiger partial charge in [0.25, 0.3) is 0 Å². The first kappa shape index (κ1) is 12.6. The van der Waals surface area contributed by atoms with Crippen LogP contribution in [0.2, 0.25) is 5.02 Å². The smallest absolute Gasteiger partial charge is 0.0413 e. The van der Waals surface area contributed by atoms with E-state index in [4.69, 9.17) is 17.3 Å². The summed E-state index contributed by atoms with van der Waals surface area (Å²) in [4.78, 5) is 0. The van der Waals surface area contributed by atoms with Crippen LogP contribution in [0.4, 0.5) is 5.69 Å². The minimum atomic E-state index is 0. The Morgan fingerprint density at radius 1 is 0.933 bits per heavy atom. The molecule has 0 unspecified atom stereocenters. The van der Waals surface area contributed by atoms with E-state index < -0.39 is 0 Å². The number of nitrogens with two attached hydrogens (primary N) is 1. The third-order valence-electron chi connectivity index (χ3n) is 2.10. The van der Waals surface area contributed by atoms with E-state index in [1.165, 1.54) is 0 Å². The maximum absolute atomic E-state index is 5.91. The molecular formula is C12H10ClNNa. The van der Waals surface area contributed by atoms with Gasteiger partial charge < -0.3 is 5.73 Å². The molecule has 15 heavy (non-hydrogen) atoms. The molecular weight excluding hydrogens is 217 g/mol. The second-order valence-electron chi connectivity index (χ2n) is 3.10. The Balaban J connectivity index is 0.00000112. The van der Waals surface area contributed by atoms with E-state index in [1.54, 1.807) is 6.07 Å². The molecule has 3 heteroatoms. The molecule has 2 aromatic carbocycles. The second-order valence-corrected chi connectivity index (χ2v) is 3.53. The standard InChI is InChI=1S/C12H10ClN.Na/c13-10-6-7-12(14)11(8-10)9-4-2-1-3-5-9;/h1-8H,14H2;. The number of hydrogen-bond acceptors (Lipinski definition) is 1. The molecule has 2 N–H and O–H groups in total. The van der Waals surface area contributed by atoms with Crippen LogP contribution in [0.15, 0.2) is 48.5 Å². The van der Waals surface area contributed by atoms with Crippen molar-refractivity contribution < 1.29 is 0 Å². The van der Waals surface area contributed by atoms with Crippen molar-refractivity contribution in [3.05, 3.63) is 53.6 Å². The minimum Gasteiger partial charge on any atom is -0.398 e. The van der Waals surface area contributed by atoms with Gasteiger partial charge >= 0.3 is 0 Å². The first-order chi connectivity index (χ1) is 6.77. The molecule has 0 amide bonds. The van der Waals surface area contributed by atoms with Gasteiger partial charge in [0, 0.05) is 45.8 Å². The van der Waals surface area contributed by atoms with Gasteiger partial charge in [-0.2, -0.15) is 0 Å². The molecule has 0 saturated heterocycles. The Morgan fingerprint density at radius 2 is 1.60 bits per heavy atom. The van der Waals surface area contributed by atoms with Gasteiger partial charge in [-0.1, -0.05) is 41.9 Å². The number of anilines is 1. The summed E-state index contributed by atoms with van der Waals surface area (Å²) >= 11 is 5.91. The monoisotopic (exact) mass is 226 g/mol. The van der Waals surface area contributed by atoms with Gasteiger partial charge in [0.2, 0.25) is 0 Å². The SMILES string of the molecule is Nc1ccc(Cl)cc1-c1ccccc1.[Na]. The van der Waals surface area contributed by atoms with Crippen LogP contribution < -0.4 is 5.73 Å². The molecule has 0 aliphatic rings. The van der Waals surface area contributed by atoms with Gasteiger partial charge in [0.15, 0.2) is 0 Å². The zero-order chi connectivity index (χ0) is 9.97. The zero-order valence-corrected chi connectivity index (χ0v) is 11.3. The predicted octanol–water partition coefficient (Wildman–Crippen LogP) is 3.21. The van der Waals surface area contributed by atoms with Crippen molar-refractivity contribution in [2.75, 3.05) is 5.73 Å². The van der Waals surface area contributed by atoms with Crippen LogP contribution in [0.5, 0.6) is 0 Å². The third kappa shape index (κ3) is 2.99. The third-order valence-corrected chi connectivity index (χ3v) is 2.34. The largest absolute Gasteiger partial charge is 0.398 e. The number of rotatable bonds is 1. The van der Waals surface area contributed by atoms with Crippen LogP contribution in [0, 0.1) is 0 Å². The Kier molecular flexibility index (Phi) is 4.68. The van der Waals surface area contributed by atoms with Crippen molar-refractivity contribution in [2.24, 2.45) is 0 Å². The van der Waals surface area contributed by atoms with Crippen molar-refractivity contribution in [3.63, 3.8) is 0 Å². The van der Waals surface area contributed by atoms with Crippen molar-refractivity contribution in [3.8, 4) is 11.1 Å². The molecule has 0 bridgehead atoms. The molecule has 0 aliphatic heterocycles. The van der Waals surface area contributed by atoms with Crippen LogP contribution >= 0.6 is 11.6 Å². The van der Waals surface area contributed by atoms with Crippen LogP contribution in [0.1, 0.15) is 0 Å². The first-order valence-electron chi connectivity index (χ1n) is 4.38. The zero-order valence-electron chi connectivity index (χ0n) is 8.57.